The van der Waals surface area contributed by atoms with E-state index in [9.17, 15) is 24.8 Å². The van der Waals surface area contributed by atoms with Gasteiger partial charge < -0.3 is 15.5 Å². The van der Waals surface area contributed by atoms with Crippen LogP contribution in [0, 0.1) is 10.1 Å². The van der Waals surface area contributed by atoms with Gasteiger partial charge in [0.25, 0.3) is 11.6 Å². The molecule has 8 heteroatoms. The second-order valence-corrected chi connectivity index (χ2v) is 4.27. The summed E-state index contributed by atoms with van der Waals surface area (Å²) in [5.41, 5.74) is -0.745. The standard InChI is InChI=1S/C14H10N2O6/c17-12-7-8(14(19)20)5-6-10(12)15-13(18)9-3-1-2-4-11(9)16(21)22/h1-7,17H,(H,15,18)(H,19,20). The molecule has 0 aliphatic carbocycles. The summed E-state index contributed by atoms with van der Waals surface area (Å²) in [5.74, 6) is -2.47. The number of aromatic hydroxyl groups is 1. The molecule has 0 radical (unpaired) electrons. The summed E-state index contributed by atoms with van der Waals surface area (Å²) in [6.07, 6.45) is 0. The van der Waals surface area contributed by atoms with E-state index in [0.29, 0.717) is 0 Å². The number of nitro benzene ring substituents is 1. The Morgan fingerprint density at radius 3 is 2.41 bits per heavy atom. The maximum atomic E-state index is 12.1. The SMILES string of the molecule is O=C(O)c1ccc(NC(=O)c2ccccc2[N+](=O)[O-])c(O)c1. The number of hydrogen-bond acceptors (Lipinski definition) is 5. The van der Waals surface area contributed by atoms with Crippen molar-refractivity contribution >= 4 is 23.3 Å². The number of phenolic OH excluding ortho intramolecular Hbond substituents is 1. The third kappa shape index (κ3) is 3.01. The second kappa shape index (κ2) is 5.92. The number of nitrogens with zero attached hydrogens (tertiary/aromatic N) is 1. The largest absolute Gasteiger partial charge is 0.506 e. The zero-order chi connectivity index (χ0) is 16.3. The summed E-state index contributed by atoms with van der Waals surface area (Å²) in [6, 6.07) is 8.71. The molecule has 0 saturated carbocycles. The number of carboxylic acids is 1. The van der Waals surface area contributed by atoms with Crippen LogP contribution in [0.2, 0.25) is 0 Å². The third-order valence-electron chi connectivity index (χ3n) is 2.84. The van der Waals surface area contributed by atoms with E-state index < -0.39 is 22.5 Å². The van der Waals surface area contributed by atoms with Crippen LogP contribution in [0.5, 0.6) is 5.75 Å². The molecule has 0 aliphatic heterocycles. The highest BCUT2D eigenvalue weighted by atomic mass is 16.6. The summed E-state index contributed by atoms with van der Waals surface area (Å²) in [6.45, 7) is 0. The van der Waals surface area contributed by atoms with Crippen molar-refractivity contribution < 1.29 is 24.7 Å². The Hall–Kier alpha value is -3.42. The van der Waals surface area contributed by atoms with Gasteiger partial charge in [-0.25, -0.2) is 4.79 Å². The quantitative estimate of drug-likeness (QED) is 0.451. The van der Waals surface area contributed by atoms with Gasteiger partial charge in [0.15, 0.2) is 0 Å². The number of hydrogen-bond donors (Lipinski definition) is 3. The van der Waals surface area contributed by atoms with E-state index >= 15 is 0 Å². The smallest absolute Gasteiger partial charge is 0.335 e. The van der Waals surface area contributed by atoms with Gasteiger partial charge >= 0.3 is 5.97 Å². The van der Waals surface area contributed by atoms with Gasteiger partial charge in [0.1, 0.15) is 11.3 Å². The van der Waals surface area contributed by atoms with Crippen molar-refractivity contribution in [2.24, 2.45) is 0 Å². The van der Waals surface area contributed by atoms with E-state index in [1.165, 1.54) is 36.4 Å². The van der Waals surface area contributed by atoms with Crippen molar-refractivity contribution in [3.63, 3.8) is 0 Å². The number of phenols is 1. The van der Waals surface area contributed by atoms with Crippen molar-refractivity contribution in [2.45, 2.75) is 0 Å². The monoisotopic (exact) mass is 302 g/mol. The van der Waals surface area contributed by atoms with E-state index in [1.54, 1.807) is 0 Å². The van der Waals surface area contributed by atoms with Gasteiger partial charge in [-0.15, -0.1) is 0 Å². The van der Waals surface area contributed by atoms with Crippen molar-refractivity contribution in [3.05, 3.63) is 63.7 Å². The maximum Gasteiger partial charge on any atom is 0.335 e. The minimum absolute atomic E-state index is 0.0480. The van der Waals surface area contributed by atoms with E-state index in [0.717, 1.165) is 6.07 Å². The molecule has 0 spiro atoms. The van der Waals surface area contributed by atoms with Crippen LogP contribution < -0.4 is 5.32 Å². The number of rotatable bonds is 4. The van der Waals surface area contributed by atoms with Crippen LogP contribution >= 0.6 is 0 Å². The lowest BCUT2D eigenvalue weighted by molar-refractivity contribution is -0.385. The first kappa shape index (κ1) is 15.0. The highest BCUT2D eigenvalue weighted by Gasteiger charge is 2.20. The molecule has 22 heavy (non-hydrogen) atoms. The Labute approximate surface area is 123 Å². The summed E-state index contributed by atoms with van der Waals surface area (Å²) in [5, 5.41) is 31.7. The van der Waals surface area contributed by atoms with E-state index in [4.69, 9.17) is 5.11 Å². The topological polar surface area (TPSA) is 130 Å². The molecule has 0 bridgehead atoms. The minimum atomic E-state index is -1.23. The molecule has 0 aromatic heterocycles. The van der Waals surface area contributed by atoms with Crippen LogP contribution in [0.15, 0.2) is 42.5 Å². The lowest BCUT2D eigenvalue weighted by atomic mass is 10.1. The zero-order valence-corrected chi connectivity index (χ0v) is 11.0. The number of benzene rings is 2. The lowest BCUT2D eigenvalue weighted by Gasteiger charge is -2.08. The molecule has 0 aliphatic rings. The number of anilines is 1. The van der Waals surface area contributed by atoms with Gasteiger partial charge in [-0.3, -0.25) is 14.9 Å². The molecule has 0 unspecified atom stereocenters. The molecule has 0 saturated heterocycles. The first-order valence-electron chi connectivity index (χ1n) is 6.01. The van der Waals surface area contributed by atoms with Crippen LogP contribution in [0.3, 0.4) is 0 Å². The van der Waals surface area contributed by atoms with E-state index in [-0.39, 0.29) is 22.5 Å². The molecule has 2 rings (SSSR count). The summed E-state index contributed by atoms with van der Waals surface area (Å²) >= 11 is 0. The van der Waals surface area contributed by atoms with Crippen LogP contribution in [0.1, 0.15) is 20.7 Å². The third-order valence-corrected chi connectivity index (χ3v) is 2.84. The molecular weight excluding hydrogens is 292 g/mol. The average molecular weight is 302 g/mol. The molecule has 8 nitrogen and oxygen atoms in total. The molecule has 0 atom stereocenters. The van der Waals surface area contributed by atoms with Gasteiger partial charge in [-0.2, -0.15) is 0 Å². The molecule has 2 aromatic rings. The summed E-state index contributed by atoms with van der Waals surface area (Å²) < 4.78 is 0. The van der Waals surface area contributed by atoms with Gasteiger partial charge in [-0.05, 0) is 24.3 Å². The number of nitro groups is 1. The molecule has 2 aromatic carbocycles. The van der Waals surface area contributed by atoms with Crippen LogP contribution in [0.25, 0.3) is 0 Å². The van der Waals surface area contributed by atoms with Crippen molar-refractivity contribution in [1.29, 1.82) is 0 Å². The number of carbonyl (C=O) groups excluding carboxylic acids is 1. The van der Waals surface area contributed by atoms with E-state index in [1.807, 2.05) is 0 Å². The second-order valence-electron chi connectivity index (χ2n) is 4.27. The molecular formula is C14H10N2O6. The molecule has 1 amide bonds. The predicted octanol–water partition coefficient (Wildman–Crippen LogP) is 2.25. The number of carbonyl (C=O) groups is 2. The zero-order valence-electron chi connectivity index (χ0n) is 11.0. The predicted molar refractivity (Wildman–Crippen MR) is 76.1 cm³/mol. The highest BCUT2D eigenvalue weighted by Crippen LogP contribution is 2.26. The van der Waals surface area contributed by atoms with Crippen LogP contribution in [0.4, 0.5) is 11.4 Å². The van der Waals surface area contributed by atoms with Gasteiger partial charge in [0, 0.05) is 6.07 Å². The number of aromatic carboxylic acids is 1. The molecule has 112 valence electrons. The number of carboxylic acid groups (broad SMARTS) is 1. The Morgan fingerprint density at radius 2 is 1.82 bits per heavy atom. The van der Waals surface area contributed by atoms with Crippen molar-refractivity contribution in [3.8, 4) is 5.75 Å². The molecule has 0 fully saturated rings. The normalized spacial score (nSPS) is 10.0. The van der Waals surface area contributed by atoms with Crippen LogP contribution in [-0.2, 0) is 0 Å². The fraction of sp³-hybridized carbons (Fsp3) is 0. The summed E-state index contributed by atoms with van der Waals surface area (Å²) in [4.78, 5) is 33.0. The van der Waals surface area contributed by atoms with Crippen molar-refractivity contribution in [2.75, 3.05) is 5.32 Å². The number of para-hydroxylation sites is 1. The summed E-state index contributed by atoms with van der Waals surface area (Å²) in [7, 11) is 0. The highest BCUT2D eigenvalue weighted by molar-refractivity contribution is 6.07. The Kier molecular flexibility index (Phi) is 4.03. The average Bonchev–Trinajstić information content (AvgIpc) is 2.48. The first-order chi connectivity index (χ1) is 10.4. The fourth-order valence-electron chi connectivity index (χ4n) is 1.78. The Balaban J connectivity index is 2.30. The number of nitrogens with one attached hydrogen (secondary N) is 1. The van der Waals surface area contributed by atoms with Gasteiger partial charge in [0.05, 0.1) is 16.2 Å². The van der Waals surface area contributed by atoms with Gasteiger partial charge in [0.2, 0.25) is 0 Å². The Morgan fingerprint density at radius 1 is 1.14 bits per heavy atom. The lowest BCUT2D eigenvalue weighted by Crippen LogP contribution is -2.14. The maximum absolute atomic E-state index is 12.1. The first-order valence-corrected chi connectivity index (χ1v) is 6.01. The fourth-order valence-corrected chi connectivity index (χ4v) is 1.78. The number of amides is 1. The van der Waals surface area contributed by atoms with Crippen molar-refractivity contribution in [1.82, 2.24) is 0 Å². The van der Waals surface area contributed by atoms with E-state index in [2.05, 4.69) is 5.32 Å². The Bertz CT molecular complexity index is 772. The molecule has 3 N–H and O–H groups in total. The minimum Gasteiger partial charge on any atom is -0.506 e. The van der Waals surface area contributed by atoms with Gasteiger partial charge in [-0.1, -0.05) is 12.1 Å². The van der Waals surface area contributed by atoms with Crippen LogP contribution in [-0.4, -0.2) is 27.0 Å². The molecule has 0 heterocycles.